The van der Waals surface area contributed by atoms with E-state index in [1.165, 1.54) is 0 Å². The molecule has 0 saturated heterocycles. The first-order valence-electron chi connectivity index (χ1n) is 6.07. The van der Waals surface area contributed by atoms with E-state index in [1.807, 2.05) is 43.1 Å². The minimum absolute atomic E-state index is 0.275. The Hall–Kier alpha value is -1.72. The van der Waals surface area contributed by atoms with Gasteiger partial charge < -0.3 is 10.6 Å². The van der Waals surface area contributed by atoms with E-state index >= 15 is 0 Å². The molecule has 1 heterocycles. The highest BCUT2D eigenvalue weighted by molar-refractivity contribution is 7.80. The van der Waals surface area contributed by atoms with Gasteiger partial charge in [0.15, 0.2) is 0 Å². The number of benzene rings is 1. The Morgan fingerprint density at radius 1 is 1.30 bits per heavy atom. The van der Waals surface area contributed by atoms with Crippen LogP contribution in [-0.4, -0.2) is 22.0 Å². The summed E-state index contributed by atoms with van der Waals surface area (Å²) in [5.74, 6) is 0.600. The number of nitrogens with two attached hydrogens (primary N) is 1. The van der Waals surface area contributed by atoms with Crippen LogP contribution in [0.25, 0.3) is 0 Å². The molecule has 20 heavy (non-hydrogen) atoms. The monoisotopic (exact) mass is 306 g/mol. The van der Waals surface area contributed by atoms with Gasteiger partial charge in [0, 0.05) is 24.3 Å². The van der Waals surface area contributed by atoms with Crippen molar-refractivity contribution in [2.75, 3.05) is 11.9 Å². The quantitative estimate of drug-likeness (QED) is 0.880. The molecule has 0 aliphatic rings. The molecule has 4 nitrogen and oxygen atoms in total. The fourth-order valence-electron chi connectivity index (χ4n) is 1.78. The van der Waals surface area contributed by atoms with Crippen molar-refractivity contribution in [1.29, 1.82) is 0 Å². The van der Waals surface area contributed by atoms with Crippen LogP contribution in [0.5, 0.6) is 0 Å². The maximum atomic E-state index is 5.88. The van der Waals surface area contributed by atoms with Crippen LogP contribution in [-0.2, 0) is 6.54 Å². The Bertz CT molecular complexity index is 628. The molecule has 0 aliphatic carbocycles. The van der Waals surface area contributed by atoms with Gasteiger partial charge in [-0.1, -0.05) is 36.0 Å². The summed E-state index contributed by atoms with van der Waals surface area (Å²) >= 11 is 10.8. The van der Waals surface area contributed by atoms with Gasteiger partial charge in [-0.05, 0) is 30.7 Å². The number of anilines is 1. The minimum atomic E-state index is 0.275. The van der Waals surface area contributed by atoms with E-state index in [4.69, 9.17) is 29.6 Å². The lowest BCUT2D eigenvalue weighted by molar-refractivity contribution is 0.857. The fraction of sp³-hybridized carbons (Fsp3) is 0.214. The second-order valence-corrected chi connectivity index (χ2v) is 5.42. The van der Waals surface area contributed by atoms with Gasteiger partial charge in [-0.25, -0.2) is 9.97 Å². The number of thiocarbonyl (C=S) groups is 1. The summed E-state index contributed by atoms with van der Waals surface area (Å²) in [6, 6.07) is 9.46. The number of aryl methyl sites for hydroxylation is 1. The Morgan fingerprint density at radius 2 is 1.95 bits per heavy atom. The van der Waals surface area contributed by atoms with Crippen LogP contribution < -0.4 is 10.6 Å². The molecule has 0 saturated carbocycles. The van der Waals surface area contributed by atoms with E-state index in [0.29, 0.717) is 18.2 Å². The predicted molar refractivity (Wildman–Crippen MR) is 86.2 cm³/mol. The van der Waals surface area contributed by atoms with Gasteiger partial charge >= 0.3 is 0 Å². The third-order valence-corrected chi connectivity index (χ3v) is 3.23. The average Bonchev–Trinajstić information content (AvgIpc) is 2.40. The van der Waals surface area contributed by atoms with E-state index in [-0.39, 0.29) is 4.99 Å². The van der Waals surface area contributed by atoms with Crippen molar-refractivity contribution < 1.29 is 0 Å². The topological polar surface area (TPSA) is 55.0 Å². The number of rotatable bonds is 4. The van der Waals surface area contributed by atoms with Crippen LogP contribution in [0.4, 0.5) is 5.95 Å². The van der Waals surface area contributed by atoms with Gasteiger partial charge in [0.05, 0.1) is 0 Å². The number of hydrogen-bond donors (Lipinski definition) is 1. The molecule has 0 bridgehead atoms. The highest BCUT2D eigenvalue weighted by Crippen LogP contribution is 2.14. The first-order chi connectivity index (χ1) is 9.45. The predicted octanol–water partition coefficient (Wildman–Crippen LogP) is 2.71. The molecule has 0 unspecified atom stereocenters. The van der Waals surface area contributed by atoms with Crippen molar-refractivity contribution in [3.8, 4) is 0 Å². The maximum absolute atomic E-state index is 5.88. The summed E-state index contributed by atoms with van der Waals surface area (Å²) in [7, 11) is 1.92. The normalized spacial score (nSPS) is 10.3. The van der Waals surface area contributed by atoms with Gasteiger partial charge in [-0.15, -0.1) is 0 Å². The molecule has 1 aromatic heterocycles. The molecule has 104 valence electrons. The van der Waals surface area contributed by atoms with Gasteiger partial charge in [0.25, 0.3) is 0 Å². The van der Waals surface area contributed by atoms with Crippen molar-refractivity contribution in [3.63, 3.8) is 0 Å². The van der Waals surface area contributed by atoms with Gasteiger partial charge in [-0.2, -0.15) is 0 Å². The molecule has 0 spiro atoms. The minimum Gasteiger partial charge on any atom is -0.388 e. The van der Waals surface area contributed by atoms with Crippen LogP contribution in [0, 0.1) is 6.92 Å². The zero-order valence-corrected chi connectivity index (χ0v) is 12.9. The second-order valence-electron chi connectivity index (χ2n) is 4.54. The van der Waals surface area contributed by atoms with E-state index < -0.39 is 0 Å². The van der Waals surface area contributed by atoms with Gasteiger partial charge in [-0.3, -0.25) is 0 Å². The molecule has 2 N–H and O–H groups in total. The lowest BCUT2D eigenvalue weighted by Crippen LogP contribution is -2.22. The summed E-state index contributed by atoms with van der Waals surface area (Å²) in [6.07, 6.45) is 0. The van der Waals surface area contributed by atoms with Crippen molar-refractivity contribution in [2.24, 2.45) is 5.73 Å². The number of hydrogen-bond acceptors (Lipinski definition) is 4. The summed E-state index contributed by atoms with van der Waals surface area (Å²) < 4.78 is 0. The molecule has 0 atom stereocenters. The Balaban J connectivity index is 2.22. The average molecular weight is 307 g/mol. The summed E-state index contributed by atoms with van der Waals surface area (Å²) in [6.45, 7) is 2.57. The van der Waals surface area contributed by atoms with Crippen molar-refractivity contribution in [3.05, 3.63) is 52.3 Å². The van der Waals surface area contributed by atoms with Crippen LogP contribution in [0.1, 0.15) is 17.0 Å². The lowest BCUT2D eigenvalue weighted by Gasteiger charge is -2.18. The highest BCUT2D eigenvalue weighted by Gasteiger charge is 2.09. The van der Waals surface area contributed by atoms with Crippen molar-refractivity contribution in [2.45, 2.75) is 13.5 Å². The largest absolute Gasteiger partial charge is 0.388 e. The molecule has 1 aromatic carbocycles. The molecule has 6 heteroatoms. The molecule has 0 amide bonds. The molecule has 0 aliphatic heterocycles. The number of nitrogens with zero attached hydrogens (tertiary/aromatic N) is 3. The zero-order chi connectivity index (χ0) is 14.7. The summed E-state index contributed by atoms with van der Waals surface area (Å²) in [5, 5.41) is 0.721. The molecule has 2 rings (SSSR count). The Morgan fingerprint density at radius 3 is 2.55 bits per heavy atom. The maximum Gasteiger partial charge on any atom is 0.226 e. The molecule has 0 fully saturated rings. The second kappa shape index (κ2) is 6.15. The van der Waals surface area contributed by atoms with Crippen LogP contribution in [0.15, 0.2) is 30.3 Å². The Labute approximate surface area is 128 Å². The van der Waals surface area contributed by atoms with Crippen LogP contribution in [0.3, 0.4) is 0 Å². The van der Waals surface area contributed by atoms with Crippen LogP contribution >= 0.6 is 23.8 Å². The van der Waals surface area contributed by atoms with E-state index in [1.54, 1.807) is 6.07 Å². The first-order valence-corrected chi connectivity index (χ1v) is 6.85. The van der Waals surface area contributed by atoms with Gasteiger partial charge in [0.1, 0.15) is 10.7 Å². The number of halogens is 1. The SMILES string of the molecule is Cc1cc(C(N)=S)nc(N(C)Cc2ccc(Cl)cc2)n1. The third kappa shape index (κ3) is 3.65. The standard InChI is InChI=1S/C14H15ClN4S/c1-9-7-12(13(16)20)18-14(17-9)19(2)8-10-3-5-11(15)6-4-10/h3-7H,8H2,1-2H3,(H2,16,20). The summed E-state index contributed by atoms with van der Waals surface area (Å²) in [5.41, 5.74) is 8.18. The van der Waals surface area contributed by atoms with E-state index in [9.17, 15) is 0 Å². The smallest absolute Gasteiger partial charge is 0.226 e. The number of aromatic nitrogens is 2. The van der Waals surface area contributed by atoms with Crippen molar-refractivity contribution in [1.82, 2.24) is 9.97 Å². The highest BCUT2D eigenvalue weighted by atomic mass is 35.5. The molecule has 2 aromatic rings. The lowest BCUT2D eigenvalue weighted by atomic mass is 10.2. The first kappa shape index (κ1) is 14.7. The summed E-state index contributed by atoms with van der Waals surface area (Å²) in [4.78, 5) is 11.0. The van der Waals surface area contributed by atoms with Gasteiger partial charge in [0.2, 0.25) is 5.95 Å². The van der Waals surface area contributed by atoms with E-state index in [2.05, 4.69) is 9.97 Å². The Kier molecular flexibility index (Phi) is 4.52. The molecular formula is C14H15ClN4S. The zero-order valence-electron chi connectivity index (χ0n) is 11.3. The van der Waals surface area contributed by atoms with Crippen molar-refractivity contribution >= 4 is 34.8 Å². The third-order valence-electron chi connectivity index (χ3n) is 2.77. The molecular weight excluding hydrogens is 292 g/mol. The van der Waals surface area contributed by atoms with E-state index in [0.717, 1.165) is 16.3 Å². The van der Waals surface area contributed by atoms with Crippen LogP contribution in [0.2, 0.25) is 5.02 Å². The molecule has 0 radical (unpaired) electrons. The fourth-order valence-corrected chi connectivity index (χ4v) is 2.01.